The number of ether oxygens (including phenoxy) is 2. The quantitative estimate of drug-likeness (QED) is 0.523. The van der Waals surface area contributed by atoms with Crippen LogP contribution in [0.1, 0.15) is 35.7 Å². The van der Waals surface area contributed by atoms with E-state index >= 15 is 0 Å². The molecule has 1 aliphatic rings. The van der Waals surface area contributed by atoms with Crippen LogP contribution in [-0.2, 0) is 4.79 Å². The Hall–Kier alpha value is -2.93. The third-order valence-corrected chi connectivity index (χ3v) is 5.55. The monoisotopic (exact) mass is 412 g/mol. The van der Waals surface area contributed by atoms with E-state index in [1.807, 2.05) is 18.2 Å². The third-order valence-electron chi connectivity index (χ3n) is 4.45. The summed E-state index contributed by atoms with van der Waals surface area (Å²) in [6, 6.07) is 10.8. The summed E-state index contributed by atoms with van der Waals surface area (Å²) < 4.78 is 10.6. The predicted octanol–water partition coefficient (Wildman–Crippen LogP) is 4.32. The van der Waals surface area contributed by atoms with Gasteiger partial charge in [-0.25, -0.2) is 0 Å². The first-order valence-corrected chi connectivity index (χ1v) is 10.2. The highest BCUT2D eigenvalue weighted by molar-refractivity contribution is 8.04. The molecule has 7 heteroatoms. The first-order chi connectivity index (χ1) is 14.0. The van der Waals surface area contributed by atoms with Crippen molar-refractivity contribution in [1.29, 1.82) is 0 Å². The van der Waals surface area contributed by atoms with Gasteiger partial charge in [-0.05, 0) is 48.4 Å². The Morgan fingerprint density at radius 2 is 1.93 bits per heavy atom. The van der Waals surface area contributed by atoms with Crippen LogP contribution in [0.5, 0.6) is 11.5 Å². The number of unbranched alkanes of at least 4 members (excludes halogenated alkanes) is 1. The number of benzene rings is 2. The molecule has 1 aliphatic heterocycles. The lowest BCUT2D eigenvalue weighted by atomic mass is 10.1. The van der Waals surface area contributed by atoms with Crippen LogP contribution in [0.4, 0.5) is 5.69 Å². The summed E-state index contributed by atoms with van der Waals surface area (Å²) in [7, 11) is 3.15. The van der Waals surface area contributed by atoms with Gasteiger partial charge in [0.2, 0.25) is 0 Å². The average molecular weight is 413 g/mol. The lowest BCUT2D eigenvalue weighted by Gasteiger charge is -2.19. The summed E-state index contributed by atoms with van der Waals surface area (Å²) in [5.41, 5.74) is 2.01. The van der Waals surface area contributed by atoms with Crippen molar-refractivity contribution < 1.29 is 19.1 Å². The largest absolute Gasteiger partial charge is 0.493 e. The number of rotatable bonds is 7. The Morgan fingerprint density at radius 1 is 1.14 bits per heavy atom. The van der Waals surface area contributed by atoms with Crippen molar-refractivity contribution in [2.24, 2.45) is 0 Å². The first kappa shape index (κ1) is 20.8. The summed E-state index contributed by atoms with van der Waals surface area (Å²) in [5, 5.41) is 5.77. The molecular formula is C22H24N2O4S. The van der Waals surface area contributed by atoms with E-state index in [4.69, 9.17) is 9.47 Å². The molecule has 0 aliphatic carbocycles. The van der Waals surface area contributed by atoms with Gasteiger partial charge < -0.3 is 20.1 Å². The molecule has 2 amide bonds. The molecular weight excluding hydrogens is 388 g/mol. The number of nitrogens with one attached hydrogen (secondary N) is 2. The second-order valence-corrected chi connectivity index (χ2v) is 7.58. The van der Waals surface area contributed by atoms with Gasteiger partial charge in [0.25, 0.3) is 11.8 Å². The van der Waals surface area contributed by atoms with E-state index in [1.54, 1.807) is 38.5 Å². The number of methoxy groups -OCH3 is 2. The Bertz CT molecular complexity index is 956. The van der Waals surface area contributed by atoms with Crippen molar-refractivity contribution in [1.82, 2.24) is 5.32 Å². The number of carbonyl (C=O) groups is 2. The van der Waals surface area contributed by atoms with Crippen LogP contribution < -0.4 is 20.1 Å². The van der Waals surface area contributed by atoms with Crippen LogP contribution >= 0.6 is 11.8 Å². The standard InChI is InChI=1S/C22H24N2O4S/c1-4-5-10-23-21(25)15-7-9-19-16(13-15)24-22(26)20(29-19)12-14-6-8-17(27-2)18(11-14)28-3/h6-9,11-13H,4-5,10H2,1-3H3,(H,23,25)(H,24,26). The fourth-order valence-corrected chi connectivity index (χ4v) is 3.81. The molecule has 1 heterocycles. The number of thioether (sulfide) groups is 1. The van der Waals surface area contributed by atoms with Gasteiger partial charge in [0, 0.05) is 17.0 Å². The van der Waals surface area contributed by atoms with Crippen molar-refractivity contribution in [2.75, 3.05) is 26.1 Å². The number of amides is 2. The van der Waals surface area contributed by atoms with E-state index < -0.39 is 0 Å². The molecule has 0 bridgehead atoms. The van der Waals surface area contributed by atoms with E-state index in [1.165, 1.54) is 11.8 Å². The zero-order valence-corrected chi connectivity index (χ0v) is 17.5. The number of hydrogen-bond donors (Lipinski definition) is 2. The maximum Gasteiger partial charge on any atom is 0.262 e. The van der Waals surface area contributed by atoms with E-state index in [0.29, 0.717) is 34.2 Å². The molecule has 2 aromatic carbocycles. The number of hydrogen-bond acceptors (Lipinski definition) is 5. The second-order valence-electron chi connectivity index (χ2n) is 6.50. The second kappa shape index (κ2) is 9.52. The zero-order valence-electron chi connectivity index (χ0n) is 16.7. The maximum absolute atomic E-state index is 12.6. The molecule has 2 N–H and O–H groups in total. The molecule has 0 saturated heterocycles. The van der Waals surface area contributed by atoms with Gasteiger partial charge in [-0.3, -0.25) is 9.59 Å². The summed E-state index contributed by atoms with van der Waals surface area (Å²) in [5.74, 6) is 0.890. The zero-order chi connectivity index (χ0) is 20.8. The summed E-state index contributed by atoms with van der Waals surface area (Å²) >= 11 is 1.37. The minimum absolute atomic E-state index is 0.132. The first-order valence-electron chi connectivity index (χ1n) is 9.41. The van der Waals surface area contributed by atoms with Gasteiger partial charge in [-0.1, -0.05) is 31.2 Å². The molecule has 3 rings (SSSR count). The fraction of sp³-hybridized carbons (Fsp3) is 0.273. The normalized spacial score (nSPS) is 14.2. The molecule has 2 aromatic rings. The number of carbonyl (C=O) groups excluding carboxylic acids is 2. The highest BCUT2D eigenvalue weighted by Crippen LogP contribution is 2.40. The average Bonchev–Trinajstić information content (AvgIpc) is 2.73. The smallest absolute Gasteiger partial charge is 0.262 e. The molecule has 0 fully saturated rings. The van der Waals surface area contributed by atoms with Gasteiger partial charge in [0.1, 0.15) is 0 Å². The third kappa shape index (κ3) is 4.92. The lowest BCUT2D eigenvalue weighted by Crippen LogP contribution is -2.25. The van der Waals surface area contributed by atoms with Crippen LogP contribution in [0.2, 0.25) is 0 Å². The van der Waals surface area contributed by atoms with Crippen LogP contribution in [0.3, 0.4) is 0 Å². The van der Waals surface area contributed by atoms with Crippen molar-refractivity contribution in [3.63, 3.8) is 0 Å². The van der Waals surface area contributed by atoms with Gasteiger partial charge in [-0.15, -0.1) is 0 Å². The minimum Gasteiger partial charge on any atom is -0.493 e. The topological polar surface area (TPSA) is 76.7 Å². The molecule has 0 radical (unpaired) electrons. The van der Waals surface area contributed by atoms with Crippen LogP contribution in [0.25, 0.3) is 6.08 Å². The van der Waals surface area contributed by atoms with Crippen molar-refractivity contribution in [3.8, 4) is 11.5 Å². The van der Waals surface area contributed by atoms with Crippen molar-refractivity contribution in [3.05, 3.63) is 52.4 Å². The number of fused-ring (bicyclic) bond motifs is 1. The summed E-state index contributed by atoms with van der Waals surface area (Å²) in [4.78, 5) is 26.3. The maximum atomic E-state index is 12.6. The minimum atomic E-state index is -0.208. The van der Waals surface area contributed by atoms with Crippen LogP contribution in [-0.4, -0.2) is 32.6 Å². The molecule has 6 nitrogen and oxygen atoms in total. The Balaban J connectivity index is 1.80. The molecule has 29 heavy (non-hydrogen) atoms. The van der Waals surface area contributed by atoms with E-state index in [0.717, 1.165) is 23.3 Å². The van der Waals surface area contributed by atoms with E-state index in [9.17, 15) is 9.59 Å². The summed E-state index contributed by atoms with van der Waals surface area (Å²) in [6.45, 7) is 2.72. The molecule has 0 unspecified atom stereocenters. The highest BCUT2D eigenvalue weighted by Gasteiger charge is 2.22. The SMILES string of the molecule is CCCCNC(=O)c1ccc2c(c1)NC(=O)C(=Cc1ccc(OC)c(OC)c1)S2. The highest BCUT2D eigenvalue weighted by atomic mass is 32.2. The van der Waals surface area contributed by atoms with Crippen LogP contribution in [0, 0.1) is 0 Å². The molecule has 0 spiro atoms. The molecule has 0 aromatic heterocycles. The predicted molar refractivity (Wildman–Crippen MR) is 116 cm³/mol. The van der Waals surface area contributed by atoms with Crippen LogP contribution in [0.15, 0.2) is 46.2 Å². The molecule has 0 atom stereocenters. The Labute approximate surface area is 174 Å². The van der Waals surface area contributed by atoms with Gasteiger partial charge in [-0.2, -0.15) is 0 Å². The lowest BCUT2D eigenvalue weighted by molar-refractivity contribution is -0.112. The molecule has 0 saturated carbocycles. The van der Waals surface area contributed by atoms with Crippen molar-refractivity contribution >= 4 is 35.3 Å². The molecule has 152 valence electrons. The summed E-state index contributed by atoms with van der Waals surface area (Å²) in [6.07, 6.45) is 3.76. The van der Waals surface area contributed by atoms with Gasteiger partial charge in [0.15, 0.2) is 11.5 Å². The van der Waals surface area contributed by atoms with Gasteiger partial charge in [0.05, 0.1) is 24.8 Å². The Kier molecular flexibility index (Phi) is 6.82. The Morgan fingerprint density at radius 3 is 2.66 bits per heavy atom. The van der Waals surface area contributed by atoms with E-state index in [-0.39, 0.29) is 11.8 Å². The fourth-order valence-electron chi connectivity index (χ4n) is 2.88. The van der Waals surface area contributed by atoms with Crippen molar-refractivity contribution in [2.45, 2.75) is 24.7 Å². The van der Waals surface area contributed by atoms with Gasteiger partial charge >= 0.3 is 0 Å². The van der Waals surface area contributed by atoms with E-state index in [2.05, 4.69) is 17.6 Å². The number of anilines is 1.